The van der Waals surface area contributed by atoms with Crippen LogP contribution in [0.1, 0.15) is 22.8 Å². The molecule has 6 nitrogen and oxygen atoms in total. The molecule has 7 heteroatoms. The van der Waals surface area contributed by atoms with Crippen LogP contribution in [-0.2, 0) is 11.3 Å². The van der Waals surface area contributed by atoms with E-state index < -0.39 is 0 Å². The maximum absolute atomic E-state index is 12.7. The molecule has 3 aromatic carbocycles. The van der Waals surface area contributed by atoms with Crippen molar-refractivity contribution in [2.45, 2.75) is 13.5 Å². The molecule has 3 rings (SSSR count). The zero-order valence-corrected chi connectivity index (χ0v) is 18.7. The summed E-state index contributed by atoms with van der Waals surface area (Å²) in [7, 11) is 0. The molecule has 0 aliphatic carbocycles. The lowest BCUT2D eigenvalue weighted by atomic mass is 10.2. The molecule has 0 aliphatic rings. The molecule has 0 aliphatic heterocycles. The zero-order valence-electron chi connectivity index (χ0n) is 17.9. The monoisotopic (exact) mass is 450 g/mol. The molecular formula is C25H26N2O4S. The van der Waals surface area contributed by atoms with E-state index in [1.807, 2.05) is 67.6 Å². The van der Waals surface area contributed by atoms with Crippen LogP contribution in [0.4, 0.5) is 5.69 Å². The lowest BCUT2D eigenvalue weighted by Crippen LogP contribution is -2.34. The minimum Gasteiger partial charge on any atom is -0.490 e. The molecule has 2 N–H and O–H groups in total. The maximum Gasteiger partial charge on any atom is 0.261 e. The third kappa shape index (κ3) is 7.37. The van der Waals surface area contributed by atoms with Gasteiger partial charge < -0.3 is 19.5 Å². The van der Waals surface area contributed by atoms with Gasteiger partial charge >= 0.3 is 0 Å². The number of nitrogens with one attached hydrogen (secondary N) is 2. The molecule has 0 heterocycles. The van der Waals surface area contributed by atoms with E-state index in [2.05, 4.69) is 10.6 Å². The summed E-state index contributed by atoms with van der Waals surface area (Å²) < 4.78 is 16.7. The molecule has 0 saturated heterocycles. The number of carbonyl (C=O) groups excluding carboxylic acids is 1. The minimum absolute atomic E-state index is 0.192. The second-order valence-electron chi connectivity index (χ2n) is 6.75. The Hall–Kier alpha value is -3.42. The van der Waals surface area contributed by atoms with Crippen molar-refractivity contribution in [3.05, 3.63) is 90.0 Å². The molecule has 0 unspecified atom stereocenters. The topological polar surface area (TPSA) is 68.8 Å². The lowest BCUT2D eigenvalue weighted by Gasteiger charge is -2.13. The molecule has 0 atom stereocenters. The van der Waals surface area contributed by atoms with Crippen LogP contribution in [0.3, 0.4) is 0 Å². The van der Waals surface area contributed by atoms with Crippen LogP contribution in [0.2, 0.25) is 0 Å². The predicted molar refractivity (Wildman–Crippen MR) is 129 cm³/mol. The quantitative estimate of drug-likeness (QED) is 0.341. The predicted octanol–water partition coefficient (Wildman–Crippen LogP) is 4.81. The van der Waals surface area contributed by atoms with Crippen LogP contribution < -0.4 is 20.1 Å². The van der Waals surface area contributed by atoms with Gasteiger partial charge in [0.2, 0.25) is 0 Å². The first-order valence-electron chi connectivity index (χ1n) is 10.3. The maximum atomic E-state index is 12.7. The second kappa shape index (κ2) is 12.4. The van der Waals surface area contributed by atoms with Gasteiger partial charge in [0.15, 0.2) is 5.11 Å². The average molecular weight is 451 g/mol. The van der Waals surface area contributed by atoms with E-state index in [0.717, 1.165) is 17.0 Å². The van der Waals surface area contributed by atoms with Crippen molar-refractivity contribution in [1.82, 2.24) is 5.32 Å². The molecule has 0 saturated carbocycles. The third-order valence-corrected chi connectivity index (χ3v) is 4.61. The fourth-order valence-electron chi connectivity index (χ4n) is 2.84. The fraction of sp³-hybridized carbons (Fsp3) is 0.200. The third-order valence-electron chi connectivity index (χ3n) is 4.41. The number of para-hydroxylation sites is 1. The first kappa shape index (κ1) is 23.2. The summed E-state index contributed by atoms with van der Waals surface area (Å²) in [6, 6.07) is 24.3. The highest BCUT2D eigenvalue weighted by atomic mass is 32.1. The van der Waals surface area contributed by atoms with Gasteiger partial charge in [-0.1, -0.05) is 42.5 Å². The van der Waals surface area contributed by atoms with Gasteiger partial charge in [0.05, 0.1) is 12.2 Å². The standard InChI is InChI=1S/C25H26N2O4S/c1-2-29-16-17-30-23-11-7-6-10-22(23)24(28)27-25(32)26-20-12-14-21(15-13-20)31-18-19-8-4-3-5-9-19/h3-15H,2,16-18H2,1H3,(H2,26,27,28,32). The smallest absolute Gasteiger partial charge is 0.261 e. The number of amides is 1. The summed E-state index contributed by atoms with van der Waals surface area (Å²) in [6.07, 6.45) is 0. The molecule has 0 fully saturated rings. The van der Waals surface area contributed by atoms with Gasteiger partial charge in [-0.15, -0.1) is 0 Å². The van der Waals surface area contributed by atoms with E-state index in [9.17, 15) is 4.79 Å². The van der Waals surface area contributed by atoms with Crippen molar-refractivity contribution in [1.29, 1.82) is 0 Å². The molecule has 1 amide bonds. The van der Waals surface area contributed by atoms with E-state index in [4.69, 9.17) is 26.4 Å². The van der Waals surface area contributed by atoms with E-state index in [-0.39, 0.29) is 11.0 Å². The number of hydrogen-bond acceptors (Lipinski definition) is 5. The van der Waals surface area contributed by atoms with Gasteiger partial charge in [0.1, 0.15) is 24.7 Å². The summed E-state index contributed by atoms with van der Waals surface area (Å²) >= 11 is 5.29. The molecule has 0 aromatic heterocycles. The van der Waals surface area contributed by atoms with Crippen LogP contribution in [0.15, 0.2) is 78.9 Å². The fourth-order valence-corrected chi connectivity index (χ4v) is 3.05. The number of anilines is 1. The van der Waals surface area contributed by atoms with E-state index in [0.29, 0.717) is 37.7 Å². The number of rotatable bonds is 10. The molecule has 0 spiro atoms. The Kier molecular flexibility index (Phi) is 9.04. The van der Waals surface area contributed by atoms with Crippen LogP contribution in [0, 0.1) is 0 Å². The van der Waals surface area contributed by atoms with Gasteiger partial charge in [-0.25, -0.2) is 0 Å². The Balaban J connectivity index is 1.50. The van der Waals surface area contributed by atoms with Crippen LogP contribution in [0.25, 0.3) is 0 Å². The van der Waals surface area contributed by atoms with E-state index in [1.165, 1.54) is 0 Å². The highest BCUT2D eigenvalue weighted by Gasteiger charge is 2.13. The van der Waals surface area contributed by atoms with Gasteiger partial charge in [0, 0.05) is 12.3 Å². The van der Waals surface area contributed by atoms with Crippen molar-refractivity contribution >= 4 is 28.9 Å². The Labute approximate surface area is 193 Å². The Morgan fingerprint density at radius 1 is 0.875 bits per heavy atom. The number of benzene rings is 3. The average Bonchev–Trinajstić information content (AvgIpc) is 2.82. The zero-order chi connectivity index (χ0) is 22.6. The Bertz CT molecular complexity index is 1010. The molecule has 0 radical (unpaired) electrons. The van der Waals surface area contributed by atoms with Crippen LogP contribution in [0.5, 0.6) is 11.5 Å². The summed E-state index contributed by atoms with van der Waals surface area (Å²) in [4.78, 5) is 12.7. The molecule has 32 heavy (non-hydrogen) atoms. The lowest BCUT2D eigenvalue weighted by molar-refractivity contribution is 0.0958. The number of hydrogen-bond donors (Lipinski definition) is 2. The van der Waals surface area contributed by atoms with Gasteiger partial charge in [-0.3, -0.25) is 10.1 Å². The summed E-state index contributed by atoms with van der Waals surface area (Å²) in [6.45, 7) is 3.84. The van der Waals surface area contributed by atoms with Crippen molar-refractivity contribution in [2.75, 3.05) is 25.1 Å². The summed E-state index contributed by atoms with van der Waals surface area (Å²) in [5, 5.41) is 5.88. The summed E-state index contributed by atoms with van der Waals surface area (Å²) in [5.41, 5.74) is 2.24. The van der Waals surface area contributed by atoms with Crippen molar-refractivity contribution in [3.8, 4) is 11.5 Å². The van der Waals surface area contributed by atoms with Crippen molar-refractivity contribution in [2.24, 2.45) is 0 Å². The number of thiocarbonyl (C=S) groups is 1. The van der Waals surface area contributed by atoms with Crippen LogP contribution in [-0.4, -0.2) is 30.8 Å². The number of carbonyl (C=O) groups is 1. The van der Waals surface area contributed by atoms with Crippen LogP contribution >= 0.6 is 12.2 Å². The second-order valence-corrected chi connectivity index (χ2v) is 7.16. The molecule has 0 bridgehead atoms. The van der Waals surface area contributed by atoms with Gasteiger partial charge in [-0.05, 0) is 61.1 Å². The molecule has 3 aromatic rings. The van der Waals surface area contributed by atoms with Crippen molar-refractivity contribution in [3.63, 3.8) is 0 Å². The molecule has 166 valence electrons. The Morgan fingerprint density at radius 2 is 1.59 bits per heavy atom. The molecular weight excluding hydrogens is 424 g/mol. The number of ether oxygens (including phenoxy) is 3. The van der Waals surface area contributed by atoms with E-state index >= 15 is 0 Å². The summed E-state index contributed by atoms with van der Waals surface area (Å²) in [5.74, 6) is 0.872. The highest BCUT2D eigenvalue weighted by molar-refractivity contribution is 7.80. The minimum atomic E-state index is -0.350. The highest BCUT2D eigenvalue weighted by Crippen LogP contribution is 2.19. The normalized spacial score (nSPS) is 10.3. The first-order valence-corrected chi connectivity index (χ1v) is 10.7. The SMILES string of the molecule is CCOCCOc1ccccc1C(=O)NC(=S)Nc1ccc(OCc2ccccc2)cc1. The first-order chi connectivity index (χ1) is 15.7. The van der Waals surface area contributed by atoms with Gasteiger partial charge in [-0.2, -0.15) is 0 Å². The van der Waals surface area contributed by atoms with E-state index in [1.54, 1.807) is 18.2 Å². The van der Waals surface area contributed by atoms with Gasteiger partial charge in [0.25, 0.3) is 5.91 Å². The van der Waals surface area contributed by atoms with Crippen molar-refractivity contribution < 1.29 is 19.0 Å². The largest absolute Gasteiger partial charge is 0.490 e. The Morgan fingerprint density at radius 3 is 2.34 bits per heavy atom.